The molecule has 1 aliphatic carbocycles. The second-order valence-electron chi connectivity index (χ2n) is 4.02. The topological polar surface area (TPSA) is 17.1 Å². The molecule has 0 heterocycles. The number of hydrogen-bond acceptors (Lipinski definition) is 1. The zero-order valence-electron chi connectivity index (χ0n) is 8.25. The number of hydrogen-bond donors (Lipinski definition) is 0. The van der Waals surface area contributed by atoms with Gasteiger partial charge in [0.15, 0.2) is 0 Å². The van der Waals surface area contributed by atoms with E-state index >= 15 is 0 Å². The third kappa shape index (κ3) is 2.37. The van der Waals surface area contributed by atoms with Crippen molar-refractivity contribution in [3.63, 3.8) is 0 Å². The lowest BCUT2D eigenvalue weighted by Gasteiger charge is -2.13. The van der Waals surface area contributed by atoms with Crippen LogP contribution in [0.5, 0.6) is 0 Å². The lowest BCUT2D eigenvalue weighted by Crippen LogP contribution is -2.02. The third-order valence-electron chi connectivity index (χ3n) is 2.91. The van der Waals surface area contributed by atoms with Crippen LogP contribution in [0.25, 0.3) is 0 Å². The summed E-state index contributed by atoms with van der Waals surface area (Å²) in [4.78, 5) is 10.6. The largest absolute Gasteiger partial charge is 0.303 e. The molecule has 0 bridgehead atoms. The van der Waals surface area contributed by atoms with Crippen molar-refractivity contribution in [3.8, 4) is 0 Å². The lowest BCUT2D eigenvalue weighted by atomic mass is 9.91. The standard InChI is InChI=1S/C12H12ClFO/c13-11-4-3-9(7-12(11)14)10(5-6-15)8-1-2-8/h3-4,6-8,10H,1-2,5H2. The smallest absolute Gasteiger partial charge is 0.142 e. The Bertz CT molecular complexity index is 374. The van der Waals surface area contributed by atoms with Crippen molar-refractivity contribution in [2.75, 3.05) is 0 Å². The minimum atomic E-state index is -0.397. The summed E-state index contributed by atoms with van der Waals surface area (Å²) in [6.45, 7) is 0. The van der Waals surface area contributed by atoms with Crippen LogP contribution in [0.4, 0.5) is 4.39 Å². The van der Waals surface area contributed by atoms with Crippen molar-refractivity contribution in [3.05, 3.63) is 34.6 Å². The Morgan fingerprint density at radius 3 is 2.80 bits per heavy atom. The molecular weight excluding hydrogens is 215 g/mol. The van der Waals surface area contributed by atoms with Crippen LogP contribution in [0.3, 0.4) is 0 Å². The highest BCUT2D eigenvalue weighted by molar-refractivity contribution is 6.30. The summed E-state index contributed by atoms with van der Waals surface area (Å²) in [6, 6.07) is 4.83. The Morgan fingerprint density at radius 1 is 1.53 bits per heavy atom. The SMILES string of the molecule is O=CCC(c1ccc(Cl)c(F)c1)C1CC1. The summed E-state index contributed by atoms with van der Waals surface area (Å²) >= 11 is 5.61. The molecule has 0 aliphatic heterocycles. The molecule has 1 atom stereocenters. The molecule has 3 heteroatoms. The monoisotopic (exact) mass is 226 g/mol. The van der Waals surface area contributed by atoms with Crippen LogP contribution in [-0.4, -0.2) is 6.29 Å². The summed E-state index contributed by atoms with van der Waals surface area (Å²) in [5.41, 5.74) is 0.895. The minimum absolute atomic E-state index is 0.138. The Balaban J connectivity index is 2.24. The quantitative estimate of drug-likeness (QED) is 0.718. The number of benzene rings is 1. The minimum Gasteiger partial charge on any atom is -0.303 e. The summed E-state index contributed by atoms with van der Waals surface area (Å²) < 4.78 is 13.2. The highest BCUT2D eigenvalue weighted by Crippen LogP contribution is 2.44. The fourth-order valence-corrected chi connectivity index (χ4v) is 2.06. The van der Waals surface area contributed by atoms with Gasteiger partial charge in [0.2, 0.25) is 0 Å². The van der Waals surface area contributed by atoms with Crippen molar-refractivity contribution in [2.45, 2.75) is 25.2 Å². The van der Waals surface area contributed by atoms with Crippen LogP contribution in [0.15, 0.2) is 18.2 Å². The summed E-state index contributed by atoms with van der Waals surface area (Å²) in [7, 11) is 0. The maximum Gasteiger partial charge on any atom is 0.142 e. The van der Waals surface area contributed by atoms with Gasteiger partial charge in [0.1, 0.15) is 12.1 Å². The van der Waals surface area contributed by atoms with Crippen LogP contribution in [0.2, 0.25) is 5.02 Å². The van der Waals surface area contributed by atoms with Gasteiger partial charge in [-0.1, -0.05) is 17.7 Å². The van der Waals surface area contributed by atoms with Crippen molar-refractivity contribution in [1.29, 1.82) is 0 Å². The van der Waals surface area contributed by atoms with Gasteiger partial charge in [0, 0.05) is 6.42 Å². The first-order chi connectivity index (χ1) is 7.22. The maximum atomic E-state index is 13.2. The molecule has 0 amide bonds. The van der Waals surface area contributed by atoms with Gasteiger partial charge in [-0.05, 0) is 42.4 Å². The fraction of sp³-hybridized carbons (Fsp3) is 0.417. The zero-order chi connectivity index (χ0) is 10.8. The first-order valence-electron chi connectivity index (χ1n) is 5.11. The van der Waals surface area contributed by atoms with Gasteiger partial charge >= 0.3 is 0 Å². The van der Waals surface area contributed by atoms with Gasteiger partial charge in [-0.2, -0.15) is 0 Å². The van der Waals surface area contributed by atoms with E-state index < -0.39 is 5.82 Å². The molecular formula is C12H12ClFO. The van der Waals surface area contributed by atoms with E-state index in [9.17, 15) is 9.18 Å². The van der Waals surface area contributed by atoms with Gasteiger partial charge in [0.25, 0.3) is 0 Å². The summed E-state index contributed by atoms with van der Waals surface area (Å²) in [6.07, 6.45) is 3.67. The predicted octanol–water partition coefficient (Wildman–Crippen LogP) is 3.56. The van der Waals surface area contributed by atoms with Gasteiger partial charge in [-0.15, -0.1) is 0 Å². The van der Waals surface area contributed by atoms with E-state index in [0.29, 0.717) is 12.3 Å². The third-order valence-corrected chi connectivity index (χ3v) is 3.22. The van der Waals surface area contributed by atoms with E-state index in [0.717, 1.165) is 24.7 Å². The first-order valence-corrected chi connectivity index (χ1v) is 5.48. The van der Waals surface area contributed by atoms with E-state index in [1.165, 1.54) is 6.07 Å². The number of halogens is 2. The van der Waals surface area contributed by atoms with E-state index in [4.69, 9.17) is 11.6 Å². The molecule has 80 valence electrons. The van der Waals surface area contributed by atoms with Crippen molar-refractivity contribution >= 4 is 17.9 Å². The predicted molar refractivity (Wildman–Crippen MR) is 57.6 cm³/mol. The van der Waals surface area contributed by atoms with Crippen molar-refractivity contribution in [1.82, 2.24) is 0 Å². The Hall–Kier alpha value is -0.890. The average molecular weight is 227 g/mol. The Kier molecular flexibility index (Phi) is 3.06. The van der Waals surface area contributed by atoms with Gasteiger partial charge in [-0.25, -0.2) is 4.39 Å². The first kappa shape index (κ1) is 10.6. The molecule has 0 radical (unpaired) electrons. The Morgan fingerprint density at radius 2 is 2.27 bits per heavy atom. The highest BCUT2D eigenvalue weighted by Gasteiger charge is 2.32. The van der Waals surface area contributed by atoms with E-state index in [-0.39, 0.29) is 10.9 Å². The zero-order valence-corrected chi connectivity index (χ0v) is 9.01. The van der Waals surface area contributed by atoms with Gasteiger partial charge in [0.05, 0.1) is 5.02 Å². The summed E-state index contributed by atoms with van der Waals surface area (Å²) in [5, 5.41) is 0.138. The van der Waals surface area contributed by atoms with Crippen LogP contribution in [0, 0.1) is 11.7 Å². The number of rotatable bonds is 4. The van der Waals surface area contributed by atoms with E-state index in [1.54, 1.807) is 6.07 Å². The molecule has 1 aromatic rings. The second kappa shape index (κ2) is 4.31. The molecule has 1 aliphatic rings. The van der Waals surface area contributed by atoms with Crippen LogP contribution >= 0.6 is 11.6 Å². The van der Waals surface area contributed by atoms with Crippen molar-refractivity contribution in [2.24, 2.45) is 5.92 Å². The molecule has 1 saturated carbocycles. The highest BCUT2D eigenvalue weighted by atomic mass is 35.5. The molecule has 1 unspecified atom stereocenters. The molecule has 2 rings (SSSR count). The molecule has 0 spiro atoms. The van der Waals surface area contributed by atoms with Crippen molar-refractivity contribution < 1.29 is 9.18 Å². The van der Waals surface area contributed by atoms with Crippen LogP contribution < -0.4 is 0 Å². The molecule has 1 aromatic carbocycles. The molecule has 0 N–H and O–H groups in total. The fourth-order valence-electron chi connectivity index (χ4n) is 1.95. The second-order valence-corrected chi connectivity index (χ2v) is 4.43. The molecule has 0 saturated heterocycles. The van der Waals surface area contributed by atoms with Gasteiger partial charge in [-0.3, -0.25) is 0 Å². The number of carbonyl (C=O) groups excluding carboxylic acids is 1. The van der Waals surface area contributed by atoms with Crippen LogP contribution in [-0.2, 0) is 4.79 Å². The molecule has 0 aromatic heterocycles. The van der Waals surface area contributed by atoms with E-state index in [1.807, 2.05) is 6.07 Å². The lowest BCUT2D eigenvalue weighted by molar-refractivity contribution is -0.108. The molecule has 1 fully saturated rings. The summed E-state index contributed by atoms with van der Waals surface area (Å²) in [5.74, 6) is 0.329. The molecule has 1 nitrogen and oxygen atoms in total. The normalized spacial score (nSPS) is 17.5. The number of aldehydes is 1. The average Bonchev–Trinajstić information content (AvgIpc) is 3.02. The molecule has 15 heavy (non-hydrogen) atoms. The van der Waals surface area contributed by atoms with E-state index in [2.05, 4.69) is 0 Å². The van der Waals surface area contributed by atoms with Gasteiger partial charge < -0.3 is 4.79 Å². The Labute approximate surface area is 93.2 Å². The maximum absolute atomic E-state index is 13.2. The number of carbonyl (C=O) groups is 1. The van der Waals surface area contributed by atoms with Crippen LogP contribution in [0.1, 0.15) is 30.7 Å².